The Morgan fingerprint density at radius 3 is 2.62 bits per heavy atom. The van der Waals surface area contributed by atoms with Crippen molar-refractivity contribution < 1.29 is 19.1 Å². The van der Waals surface area contributed by atoms with Crippen molar-refractivity contribution in [3.63, 3.8) is 0 Å². The van der Waals surface area contributed by atoms with Gasteiger partial charge in [0.25, 0.3) is 5.56 Å². The van der Waals surface area contributed by atoms with Crippen molar-refractivity contribution in [1.29, 1.82) is 0 Å². The maximum Gasteiger partial charge on any atom is 0.258 e. The van der Waals surface area contributed by atoms with Gasteiger partial charge >= 0.3 is 0 Å². The highest BCUT2D eigenvalue weighted by Crippen LogP contribution is 2.32. The van der Waals surface area contributed by atoms with E-state index in [4.69, 9.17) is 10.5 Å². The standard InChI is InChI=1S/C21H24N6O5/c1-32-14-5-3-2-4-13(14)23-19(30)12-10-15(28)24-18-16(12)20(31)26-21(25-18)27-8-6-11(7-9-27)17(22)29/h2-5,11-12H,6-10H2,1H3,(H2,22,29)(H,23,30)(H2,24,25,26,28,31)/t12-/m1/s1. The number of fused-ring (bicyclic) bond motifs is 1. The van der Waals surface area contributed by atoms with E-state index >= 15 is 0 Å². The predicted molar refractivity (Wildman–Crippen MR) is 117 cm³/mol. The molecular formula is C21H24N6O5. The van der Waals surface area contributed by atoms with Crippen LogP contribution in [0.15, 0.2) is 29.1 Å². The fraction of sp³-hybridized carbons (Fsp3) is 0.381. The minimum atomic E-state index is -1.01. The number of hydrogen-bond acceptors (Lipinski definition) is 7. The van der Waals surface area contributed by atoms with Gasteiger partial charge in [0.15, 0.2) is 0 Å². The Hall–Kier alpha value is -3.89. The summed E-state index contributed by atoms with van der Waals surface area (Å²) in [4.78, 5) is 58.6. The van der Waals surface area contributed by atoms with E-state index in [0.29, 0.717) is 37.4 Å². The summed E-state index contributed by atoms with van der Waals surface area (Å²) in [6.07, 6.45) is 0.918. The number of anilines is 3. The average molecular weight is 440 g/mol. The van der Waals surface area contributed by atoms with Crippen molar-refractivity contribution in [2.75, 3.05) is 35.7 Å². The van der Waals surface area contributed by atoms with Gasteiger partial charge in [0.05, 0.1) is 24.3 Å². The number of aromatic nitrogens is 2. The molecule has 0 unspecified atom stereocenters. The zero-order chi connectivity index (χ0) is 22.8. The molecule has 2 aliphatic rings. The second-order valence-electron chi connectivity index (χ2n) is 7.81. The second-order valence-corrected chi connectivity index (χ2v) is 7.81. The van der Waals surface area contributed by atoms with E-state index in [-0.39, 0.29) is 35.6 Å². The third-order valence-corrected chi connectivity index (χ3v) is 5.82. The third-order valence-electron chi connectivity index (χ3n) is 5.82. The van der Waals surface area contributed by atoms with Gasteiger partial charge in [-0.15, -0.1) is 0 Å². The first-order chi connectivity index (χ1) is 15.4. The van der Waals surface area contributed by atoms with Crippen LogP contribution in [0.5, 0.6) is 5.75 Å². The van der Waals surface area contributed by atoms with Gasteiger partial charge in [-0.3, -0.25) is 24.2 Å². The van der Waals surface area contributed by atoms with Crippen LogP contribution < -0.4 is 31.6 Å². The van der Waals surface area contributed by atoms with Crippen LogP contribution in [-0.4, -0.2) is 47.9 Å². The van der Waals surface area contributed by atoms with E-state index in [9.17, 15) is 19.2 Å². The van der Waals surface area contributed by atoms with Gasteiger partial charge in [0.1, 0.15) is 11.6 Å². The number of amides is 3. The third kappa shape index (κ3) is 4.13. The number of methoxy groups -OCH3 is 1. The zero-order valence-corrected chi connectivity index (χ0v) is 17.5. The molecule has 0 bridgehead atoms. The van der Waals surface area contributed by atoms with E-state index < -0.39 is 23.3 Å². The van der Waals surface area contributed by atoms with Gasteiger partial charge in [0.2, 0.25) is 23.7 Å². The van der Waals surface area contributed by atoms with Gasteiger partial charge in [-0.1, -0.05) is 12.1 Å². The lowest BCUT2D eigenvalue weighted by molar-refractivity contribution is -0.123. The Balaban J connectivity index is 1.60. The lowest BCUT2D eigenvalue weighted by Crippen LogP contribution is -2.41. The predicted octanol–water partition coefficient (Wildman–Crippen LogP) is 0.545. The van der Waals surface area contributed by atoms with Crippen LogP contribution in [0.25, 0.3) is 0 Å². The van der Waals surface area contributed by atoms with Crippen molar-refractivity contribution in [2.24, 2.45) is 11.7 Å². The van der Waals surface area contributed by atoms with Crippen molar-refractivity contribution in [3.05, 3.63) is 40.2 Å². The number of nitrogens with zero attached hydrogens (tertiary/aromatic N) is 2. The summed E-state index contributed by atoms with van der Waals surface area (Å²) in [5, 5.41) is 5.34. The molecule has 0 spiro atoms. The molecule has 1 aromatic carbocycles. The largest absolute Gasteiger partial charge is 0.495 e. The van der Waals surface area contributed by atoms with E-state index in [1.165, 1.54) is 7.11 Å². The number of para-hydroxylation sites is 2. The molecule has 168 valence electrons. The van der Waals surface area contributed by atoms with Crippen LogP contribution in [0.2, 0.25) is 0 Å². The average Bonchev–Trinajstić information content (AvgIpc) is 2.78. The molecule has 1 atom stereocenters. The topological polar surface area (TPSA) is 160 Å². The Kier molecular flexibility index (Phi) is 5.80. The highest BCUT2D eigenvalue weighted by Gasteiger charge is 2.36. The van der Waals surface area contributed by atoms with Crippen molar-refractivity contribution >= 4 is 35.2 Å². The SMILES string of the molecule is COc1ccccc1NC(=O)[C@@H]1CC(=O)Nc2nc(N3CCC(C(N)=O)CC3)[nH]c(=O)c21. The number of H-pyrrole nitrogens is 1. The Morgan fingerprint density at radius 1 is 1.22 bits per heavy atom. The fourth-order valence-corrected chi connectivity index (χ4v) is 4.08. The zero-order valence-electron chi connectivity index (χ0n) is 17.5. The van der Waals surface area contributed by atoms with Crippen LogP contribution in [0.4, 0.5) is 17.5 Å². The molecule has 3 heterocycles. The van der Waals surface area contributed by atoms with Crippen LogP contribution >= 0.6 is 0 Å². The first kappa shape index (κ1) is 21.3. The van der Waals surface area contributed by atoms with Gasteiger partial charge in [-0.2, -0.15) is 4.98 Å². The van der Waals surface area contributed by atoms with Crippen molar-refractivity contribution in [2.45, 2.75) is 25.2 Å². The number of carbonyl (C=O) groups is 3. The maximum absolute atomic E-state index is 13.0. The molecule has 11 nitrogen and oxygen atoms in total. The Labute approximate surface area is 183 Å². The molecule has 3 amide bonds. The number of nitrogens with one attached hydrogen (secondary N) is 3. The van der Waals surface area contributed by atoms with Crippen molar-refractivity contribution in [3.8, 4) is 5.75 Å². The summed E-state index contributed by atoms with van der Waals surface area (Å²) < 4.78 is 5.24. The summed E-state index contributed by atoms with van der Waals surface area (Å²) in [6, 6.07) is 6.86. The van der Waals surface area contributed by atoms with Gasteiger partial charge in [-0.25, -0.2) is 0 Å². The van der Waals surface area contributed by atoms with Gasteiger partial charge in [0, 0.05) is 25.4 Å². The number of ether oxygens (including phenoxy) is 1. The molecule has 2 aliphatic heterocycles. The van der Waals surface area contributed by atoms with Gasteiger partial charge < -0.3 is 26.0 Å². The summed E-state index contributed by atoms with van der Waals surface area (Å²) >= 11 is 0. The summed E-state index contributed by atoms with van der Waals surface area (Å²) in [5.41, 5.74) is 5.42. The van der Waals surface area contributed by atoms with E-state index in [1.54, 1.807) is 24.3 Å². The number of rotatable bonds is 5. The summed E-state index contributed by atoms with van der Waals surface area (Å²) in [5.74, 6) is -1.66. The van der Waals surface area contributed by atoms with Crippen molar-refractivity contribution in [1.82, 2.24) is 9.97 Å². The molecule has 0 aliphatic carbocycles. The first-order valence-electron chi connectivity index (χ1n) is 10.3. The molecule has 1 fully saturated rings. The summed E-state index contributed by atoms with van der Waals surface area (Å²) in [7, 11) is 1.48. The number of benzene rings is 1. The number of primary amides is 1. The normalized spacial score (nSPS) is 18.5. The monoisotopic (exact) mass is 440 g/mol. The number of aromatic amines is 1. The minimum Gasteiger partial charge on any atom is -0.495 e. The first-order valence-corrected chi connectivity index (χ1v) is 10.3. The fourth-order valence-electron chi connectivity index (χ4n) is 4.08. The maximum atomic E-state index is 13.0. The van der Waals surface area contributed by atoms with E-state index in [0.717, 1.165) is 0 Å². The van der Waals surface area contributed by atoms with Gasteiger partial charge in [-0.05, 0) is 25.0 Å². The van der Waals surface area contributed by atoms with Crippen LogP contribution in [0.1, 0.15) is 30.7 Å². The summed E-state index contributed by atoms with van der Waals surface area (Å²) in [6.45, 7) is 0.974. The lowest BCUT2D eigenvalue weighted by atomic mass is 9.92. The molecule has 1 aromatic heterocycles. The number of piperidine rings is 1. The number of carbonyl (C=O) groups excluding carboxylic acids is 3. The molecule has 1 saturated heterocycles. The molecule has 4 rings (SSSR count). The smallest absolute Gasteiger partial charge is 0.258 e. The Bertz CT molecular complexity index is 1120. The molecule has 5 N–H and O–H groups in total. The molecule has 32 heavy (non-hydrogen) atoms. The minimum absolute atomic E-state index is 0.0669. The molecule has 0 saturated carbocycles. The molecule has 11 heteroatoms. The molecule has 0 radical (unpaired) electrons. The van der Waals surface area contributed by atoms with Crippen LogP contribution in [-0.2, 0) is 14.4 Å². The van der Waals surface area contributed by atoms with E-state index in [2.05, 4.69) is 20.6 Å². The highest BCUT2D eigenvalue weighted by atomic mass is 16.5. The van der Waals surface area contributed by atoms with Crippen LogP contribution in [0.3, 0.4) is 0 Å². The highest BCUT2D eigenvalue weighted by molar-refractivity contribution is 6.05. The number of hydrogen-bond donors (Lipinski definition) is 4. The lowest BCUT2D eigenvalue weighted by Gasteiger charge is -2.32. The quantitative estimate of drug-likeness (QED) is 0.528. The Morgan fingerprint density at radius 2 is 1.94 bits per heavy atom. The molecule has 2 aromatic rings. The molecular weight excluding hydrogens is 416 g/mol. The van der Waals surface area contributed by atoms with Crippen LogP contribution in [0, 0.1) is 5.92 Å². The second kappa shape index (κ2) is 8.69. The number of nitrogens with two attached hydrogens (primary N) is 1. The van der Waals surface area contributed by atoms with E-state index in [1.807, 2.05) is 4.90 Å².